The molecule has 0 bridgehead atoms. The summed E-state index contributed by atoms with van der Waals surface area (Å²) in [6.45, 7) is 8.98. The van der Waals surface area contributed by atoms with E-state index in [1.54, 1.807) is 7.05 Å². The lowest BCUT2D eigenvalue weighted by molar-refractivity contribution is -0.123. The Labute approximate surface area is 125 Å². The summed E-state index contributed by atoms with van der Waals surface area (Å²) in [5, 5.41) is 6.43. The van der Waals surface area contributed by atoms with Gasteiger partial charge < -0.3 is 10.6 Å². The van der Waals surface area contributed by atoms with Gasteiger partial charge in [0, 0.05) is 13.1 Å². The monoisotopic (exact) mass is 282 g/mol. The Morgan fingerprint density at radius 2 is 1.85 bits per heavy atom. The van der Waals surface area contributed by atoms with Crippen LogP contribution in [0.1, 0.15) is 66.2 Å². The zero-order chi connectivity index (χ0) is 15.1. The van der Waals surface area contributed by atoms with E-state index in [2.05, 4.69) is 38.3 Å². The van der Waals surface area contributed by atoms with Gasteiger partial charge >= 0.3 is 0 Å². The van der Waals surface area contributed by atoms with Gasteiger partial charge in [0.05, 0.1) is 6.04 Å². The van der Waals surface area contributed by atoms with Crippen LogP contribution in [0.4, 0.5) is 0 Å². The standard InChI is InChI=1S/C17H34N2O/c1-12(2)9-14-7-6-8-15(11-14)19-16(10-13(3)4)17(20)18-5/h12-16,19H,6-11H2,1-5H3,(H,18,20). The number of nitrogens with one attached hydrogen (secondary N) is 2. The molecule has 1 rings (SSSR count). The molecule has 3 heteroatoms. The summed E-state index contributed by atoms with van der Waals surface area (Å²) in [7, 11) is 1.74. The Kier molecular flexibility index (Phi) is 7.57. The van der Waals surface area contributed by atoms with Crippen molar-refractivity contribution < 1.29 is 4.79 Å². The molecule has 0 spiro atoms. The van der Waals surface area contributed by atoms with Crippen LogP contribution < -0.4 is 10.6 Å². The van der Waals surface area contributed by atoms with Crippen LogP contribution in [0.5, 0.6) is 0 Å². The van der Waals surface area contributed by atoms with Crippen molar-refractivity contribution in [2.75, 3.05) is 7.05 Å². The first-order chi connectivity index (χ1) is 9.42. The minimum atomic E-state index is -0.0252. The third-order valence-electron chi connectivity index (χ3n) is 4.29. The van der Waals surface area contributed by atoms with Gasteiger partial charge in [-0.05, 0) is 43.4 Å². The molecular weight excluding hydrogens is 248 g/mol. The first kappa shape index (κ1) is 17.5. The topological polar surface area (TPSA) is 41.1 Å². The molecular formula is C17H34N2O. The summed E-state index contributed by atoms with van der Waals surface area (Å²) in [6, 6.07) is 0.497. The van der Waals surface area contributed by atoms with Gasteiger partial charge in [-0.3, -0.25) is 4.79 Å². The van der Waals surface area contributed by atoms with E-state index in [9.17, 15) is 4.79 Å². The van der Waals surface area contributed by atoms with Crippen molar-refractivity contribution in [3.8, 4) is 0 Å². The van der Waals surface area contributed by atoms with E-state index < -0.39 is 0 Å². The van der Waals surface area contributed by atoms with E-state index in [-0.39, 0.29) is 11.9 Å². The van der Waals surface area contributed by atoms with Crippen LogP contribution in [0.25, 0.3) is 0 Å². The van der Waals surface area contributed by atoms with Gasteiger partial charge in [0.2, 0.25) is 5.91 Å². The number of rotatable bonds is 7. The summed E-state index contributed by atoms with van der Waals surface area (Å²) in [5.41, 5.74) is 0. The normalized spacial score (nSPS) is 24.9. The first-order valence-corrected chi connectivity index (χ1v) is 8.40. The lowest BCUT2D eigenvalue weighted by atomic mass is 9.80. The molecule has 0 aromatic heterocycles. The third-order valence-corrected chi connectivity index (χ3v) is 4.29. The molecule has 1 amide bonds. The Morgan fingerprint density at radius 3 is 2.40 bits per heavy atom. The SMILES string of the molecule is CNC(=O)C(CC(C)C)NC1CCCC(CC(C)C)C1. The molecule has 3 unspecified atom stereocenters. The fourth-order valence-electron chi connectivity index (χ4n) is 3.50. The number of likely N-dealkylation sites (N-methyl/N-ethyl adjacent to an activating group) is 1. The second-order valence-corrected chi connectivity index (χ2v) is 7.32. The molecule has 0 aliphatic heterocycles. The summed E-state index contributed by atoms with van der Waals surface area (Å²) < 4.78 is 0. The molecule has 3 nitrogen and oxygen atoms in total. The zero-order valence-electron chi connectivity index (χ0n) is 14.0. The smallest absolute Gasteiger partial charge is 0.236 e. The minimum absolute atomic E-state index is 0.0252. The molecule has 1 fully saturated rings. The van der Waals surface area contributed by atoms with Crippen molar-refractivity contribution in [2.45, 2.75) is 78.3 Å². The molecule has 0 saturated heterocycles. The first-order valence-electron chi connectivity index (χ1n) is 8.40. The number of carbonyl (C=O) groups is 1. The van der Waals surface area contributed by atoms with Gasteiger partial charge in [0.15, 0.2) is 0 Å². The third kappa shape index (κ3) is 6.25. The average Bonchev–Trinajstić information content (AvgIpc) is 2.36. The summed E-state index contributed by atoms with van der Waals surface area (Å²) in [5.74, 6) is 2.30. The van der Waals surface area contributed by atoms with Gasteiger partial charge in [-0.15, -0.1) is 0 Å². The molecule has 2 N–H and O–H groups in total. The molecule has 0 aromatic rings. The molecule has 118 valence electrons. The van der Waals surface area contributed by atoms with Crippen molar-refractivity contribution in [3.63, 3.8) is 0 Å². The summed E-state index contributed by atoms with van der Waals surface area (Å²) in [4.78, 5) is 12.0. The highest BCUT2D eigenvalue weighted by atomic mass is 16.2. The molecule has 1 aliphatic carbocycles. The van der Waals surface area contributed by atoms with Crippen LogP contribution in [0.3, 0.4) is 0 Å². The van der Waals surface area contributed by atoms with Crippen LogP contribution in [-0.4, -0.2) is 25.0 Å². The van der Waals surface area contributed by atoms with Crippen molar-refractivity contribution in [3.05, 3.63) is 0 Å². The van der Waals surface area contributed by atoms with Crippen molar-refractivity contribution in [1.82, 2.24) is 10.6 Å². The van der Waals surface area contributed by atoms with Gasteiger partial charge in [-0.25, -0.2) is 0 Å². The maximum Gasteiger partial charge on any atom is 0.236 e. The maximum absolute atomic E-state index is 12.0. The van der Waals surface area contributed by atoms with Crippen LogP contribution in [0.2, 0.25) is 0 Å². The molecule has 0 radical (unpaired) electrons. The number of amides is 1. The maximum atomic E-state index is 12.0. The van der Waals surface area contributed by atoms with Crippen LogP contribution in [-0.2, 0) is 4.79 Å². The second kappa shape index (κ2) is 8.66. The second-order valence-electron chi connectivity index (χ2n) is 7.32. The number of hydrogen-bond acceptors (Lipinski definition) is 2. The average molecular weight is 282 g/mol. The summed E-state index contributed by atoms with van der Waals surface area (Å²) in [6.07, 6.45) is 7.38. The molecule has 1 aliphatic rings. The van der Waals surface area contributed by atoms with Gasteiger partial charge in [0.1, 0.15) is 0 Å². The van der Waals surface area contributed by atoms with Crippen LogP contribution in [0, 0.1) is 17.8 Å². The molecule has 1 saturated carbocycles. The fraction of sp³-hybridized carbons (Fsp3) is 0.941. The Morgan fingerprint density at radius 1 is 1.15 bits per heavy atom. The largest absolute Gasteiger partial charge is 0.358 e. The van der Waals surface area contributed by atoms with Gasteiger partial charge in [0.25, 0.3) is 0 Å². The Balaban J connectivity index is 2.52. The Hall–Kier alpha value is -0.570. The van der Waals surface area contributed by atoms with E-state index in [1.165, 1.54) is 32.1 Å². The van der Waals surface area contributed by atoms with Gasteiger partial charge in [-0.2, -0.15) is 0 Å². The highest BCUT2D eigenvalue weighted by Gasteiger charge is 2.27. The predicted octanol–water partition coefficient (Wildman–Crippen LogP) is 3.34. The quantitative estimate of drug-likeness (QED) is 0.752. The predicted molar refractivity (Wildman–Crippen MR) is 85.6 cm³/mol. The van der Waals surface area contributed by atoms with Crippen molar-refractivity contribution in [2.24, 2.45) is 17.8 Å². The van der Waals surface area contributed by atoms with Gasteiger partial charge in [-0.1, -0.05) is 40.5 Å². The van der Waals surface area contributed by atoms with E-state index in [1.807, 2.05) is 0 Å². The van der Waals surface area contributed by atoms with E-state index in [4.69, 9.17) is 0 Å². The lowest BCUT2D eigenvalue weighted by Crippen LogP contribution is -2.49. The highest BCUT2D eigenvalue weighted by molar-refractivity contribution is 5.81. The van der Waals surface area contributed by atoms with Crippen LogP contribution in [0.15, 0.2) is 0 Å². The zero-order valence-corrected chi connectivity index (χ0v) is 14.0. The number of hydrogen-bond donors (Lipinski definition) is 2. The van der Waals surface area contributed by atoms with E-state index in [0.29, 0.717) is 12.0 Å². The fourth-order valence-corrected chi connectivity index (χ4v) is 3.50. The Bertz CT molecular complexity index is 289. The molecule has 20 heavy (non-hydrogen) atoms. The lowest BCUT2D eigenvalue weighted by Gasteiger charge is -2.33. The van der Waals surface area contributed by atoms with Crippen molar-refractivity contribution in [1.29, 1.82) is 0 Å². The molecule has 3 atom stereocenters. The highest BCUT2D eigenvalue weighted by Crippen LogP contribution is 2.29. The molecule has 0 heterocycles. The van der Waals surface area contributed by atoms with E-state index in [0.717, 1.165) is 18.3 Å². The molecule has 0 aromatic carbocycles. The minimum Gasteiger partial charge on any atom is -0.358 e. The van der Waals surface area contributed by atoms with Crippen molar-refractivity contribution >= 4 is 5.91 Å². The summed E-state index contributed by atoms with van der Waals surface area (Å²) >= 11 is 0. The van der Waals surface area contributed by atoms with Crippen LogP contribution >= 0.6 is 0 Å². The number of carbonyl (C=O) groups excluding carboxylic acids is 1. The van der Waals surface area contributed by atoms with E-state index >= 15 is 0 Å².